The molecule has 0 amide bonds. The molecule has 0 aromatic carbocycles. The molecule has 0 radical (unpaired) electrons. The molecule has 0 aliphatic heterocycles. The Hall–Kier alpha value is -0.820. The van der Waals surface area contributed by atoms with Gasteiger partial charge in [-0.15, -0.1) is 0 Å². The van der Waals surface area contributed by atoms with Crippen LogP contribution in [0.2, 0.25) is 0 Å². The highest BCUT2D eigenvalue weighted by atomic mass is 14.5. The van der Waals surface area contributed by atoms with E-state index in [1.54, 1.807) is 5.57 Å². The average Bonchev–Trinajstić information content (AvgIpc) is 2.20. The van der Waals surface area contributed by atoms with Crippen LogP contribution in [0, 0.1) is 5.92 Å². The van der Waals surface area contributed by atoms with E-state index in [4.69, 9.17) is 5.73 Å². The highest BCUT2D eigenvalue weighted by molar-refractivity contribution is 5.38. The lowest BCUT2D eigenvalue weighted by Gasteiger charge is -2.18. The van der Waals surface area contributed by atoms with Gasteiger partial charge in [0.1, 0.15) is 0 Å². The molecule has 1 heteroatoms. The minimum atomic E-state index is 0.660. The molecule has 1 nitrogen and oxygen atoms in total. The van der Waals surface area contributed by atoms with E-state index >= 15 is 0 Å². The maximum atomic E-state index is 5.68. The molecule has 0 atom stereocenters. The Kier molecular flexibility index (Phi) is 4.15. The normalized spacial score (nSPS) is 18.2. The Morgan fingerprint density at radius 3 is 2.50 bits per heavy atom. The molecule has 78 valence electrons. The molecule has 14 heavy (non-hydrogen) atoms. The van der Waals surface area contributed by atoms with Gasteiger partial charge in [-0.2, -0.15) is 0 Å². The van der Waals surface area contributed by atoms with E-state index in [1.807, 2.05) is 0 Å². The van der Waals surface area contributed by atoms with Crippen molar-refractivity contribution < 1.29 is 0 Å². The molecule has 0 heterocycles. The van der Waals surface area contributed by atoms with Crippen molar-refractivity contribution in [2.24, 2.45) is 11.7 Å². The largest absolute Gasteiger partial charge is 0.326 e. The first-order valence-corrected chi connectivity index (χ1v) is 5.44. The fourth-order valence-corrected chi connectivity index (χ4v) is 1.84. The maximum absolute atomic E-state index is 5.68. The number of hydrogen-bond acceptors (Lipinski definition) is 1. The van der Waals surface area contributed by atoms with Crippen LogP contribution >= 0.6 is 0 Å². The molecule has 0 bridgehead atoms. The molecule has 0 spiro atoms. The monoisotopic (exact) mass is 191 g/mol. The van der Waals surface area contributed by atoms with Crippen molar-refractivity contribution >= 4 is 0 Å². The molecule has 0 unspecified atom stereocenters. The third-order valence-corrected chi connectivity index (χ3v) is 2.90. The SMILES string of the molecule is C/C=C(\CN)C1=CC=C(C(C)C)CC1. The molecular weight excluding hydrogens is 170 g/mol. The van der Waals surface area contributed by atoms with Gasteiger partial charge < -0.3 is 5.73 Å². The molecule has 0 aromatic rings. The summed E-state index contributed by atoms with van der Waals surface area (Å²) < 4.78 is 0. The van der Waals surface area contributed by atoms with Crippen LogP contribution in [0.15, 0.2) is 34.9 Å². The molecule has 1 aliphatic rings. The van der Waals surface area contributed by atoms with Crippen LogP contribution in [-0.4, -0.2) is 6.54 Å². The van der Waals surface area contributed by atoms with Crippen LogP contribution in [-0.2, 0) is 0 Å². The minimum Gasteiger partial charge on any atom is -0.326 e. The number of nitrogens with two attached hydrogens (primary N) is 1. The number of rotatable bonds is 3. The van der Waals surface area contributed by atoms with Crippen molar-refractivity contribution in [2.75, 3.05) is 6.54 Å². The summed E-state index contributed by atoms with van der Waals surface area (Å²) in [5.41, 5.74) is 9.95. The van der Waals surface area contributed by atoms with E-state index in [0.717, 1.165) is 6.42 Å². The summed E-state index contributed by atoms with van der Waals surface area (Å²) >= 11 is 0. The van der Waals surface area contributed by atoms with Gasteiger partial charge in [0.25, 0.3) is 0 Å². The Balaban J connectivity index is 2.78. The summed E-state index contributed by atoms with van der Waals surface area (Å²) in [5, 5.41) is 0. The predicted octanol–water partition coefficient (Wildman–Crippen LogP) is 3.19. The maximum Gasteiger partial charge on any atom is 0.0177 e. The van der Waals surface area contributed by atoms with Gasteiger partial charge in [-0.3, -0.25) is 0 Å². The van der Waals surface area contributed by atoms with Crippen molar-refractivity contribution in [3.8, 4) is 0 Å². The molecule has 2 N–H and O–H groups in total. The Morgan fingerprint density at radius 2 is 2.14 bits per heavy atom. The summed E-state index contributed by atoms with van der Waals surface area (Å²) in [6, 6.07) is 0. The second-order valence-electron chi connectivity index (χ2n) is 4.11. The van der Waals surface area contributed by atoms with Crippen LogP contribution in [0.5, 0.6) is 0 Å². The lowest BCUT2D eigenvalue weighted by Crippen LogP contribution is -2.08. The summed E-state index contributed by atoms with van der Waals surface area (Å²) in [5.74, 6) is 0.680. The molecule has 0 saturated carbocycles. The first-order chi connectivity index (χ1) is 6.69. The van der Waals surface area contributed by atoms with E-state index in [0.29, 0.717) is 12.5 Å². The Bertz CT molecular complexity index is 280. The highest BCUT2D eigenvalue weighted by Crippen LogP contribution is 2.27. The number of hydrogen-bond donors (Lipinski definition) is 1. The first-order valence-electron chi connectivity index (χ1n) is 5.44. The van der Waals surface area contributed by atoms with E-state index in [1.165, 1.54) is 17.6 Å². The molecule has 0 aromatic heterocycles. The zero-order valence-corrected chi connectivity index (χ0v) is 9.51. The van der Waals surface area contributed by atoms with Gasteiger partial charge in [-0.1, -0.05) is 37.6 Å². The van der Waals surface area contributed by atoms with Crippen LogP contribution in [0.4, 0.5) is 0 Å². The fraction of sp³-hybridized carbons (Fsp3) is 0.538. The van der Waals surface area contributed by atoms with E-state index < -0.39 is 0 Å². The number of allylic oxidation sites excluding steroid dienone is 4. The van der Waals surface area contributed by atoms with Crippen molar-refractivity contribution in [3.63, 3.8) is 0 Å². The molecular formula is C13H21N. The van der Waals surface area contributed by atoms with Gasteiger partial charge >= 0.3 is 0 Å². The van der Waals surface area contributed by atoms with Crippen LogP contribution in [0.3, 0.4) is 0 Å². The zero-order chi connectivity index (χ0) is 10.6. The van der Waals surface area contributed by atoms with Gasteiger partial charge in [-0.25, -0.2) is 0 Å². The second-order valence-corrected chi connectivity index (χ2v) is 4.11. The van der Waals surface area contributed by atoms with E-state index in [9.17, 15) is 0 Å². The van der Waals surface area contributed by atoms with Gasteiger partial charge in [0.15, 0.2) is 0 Å². The van der Waals surface area contributed by atoms with Gasteiger partial charge in [0, 0.05) is 6.54 Å². The van der Waals surface area contributed by atoms with Crippen LogP contribution < -0.4 is 5.73 Å². The second kappa shape index (κ2) is 5.16. The first kappa shape index (κ1) is 11.3. The molecule has 1 rings (SSSR count). The summed E-state index contributed by atoms with van der Waals surface area (Å²) in [4.78, 5) is 0. The average molecular weight is 191 g/mol. The van der Waals surface area contributed by atoms with E-state index in [2.05, 4.69) is 39.0 Å². The summed E-state index contributed by atoms with van der Waals surface area (Å²) in [7, 11) is 0. The third-order valence-electron chi connectivity index (χ3n) is 2.90. The lowest BCUT2D eigenvalue weighted by atomic mass is 9.88. The zero-order valence-electron chi connectivity index (χ0n) is 9.51. The summed E-state index contributed by atoms with van der Waals surface area (Å²) in [6.07, 6.45) is 8.98. The predicted molar refractivity (Wildman–Crippen MR) is 63.0 cm³/mol. The van der Waals surface area contributed by atoms with Crippen LogP contribution in [0.1, 0.15) is 33.6 Å². The molecule has 1 aliphatic carbocycles. The lowest BCUT2D eigenvalue weighted by molar-refractivity contribution is 0.701. The van der Waals surface area contributed by atoms with Crippen molar-refractivity contribution in [1.29, 1.82) is 0 Å². The fourth-order valence-electron chi connectivity index (χ4n) is 1.84. The Labute approximate surface area is 87.4 Å². The van der Waals surface area contributed by atoms with Gasteiger partial charge in [0.05, 0.1) is 0 Å². The molecule has 0 fully saturated rings. The summed E-state index contributed by atoms with van der Waals surface area (Å²) in [6.45, 7) is 7.23. The van der Waals surface area contributed by atoms with Crippen LogP contribution in [0.25, 0.3) is 0 Å². The van der Waals surface area contributed by atoms with Crippen molar-refractivity contribution in [2.45, 2.75) is 33.6 Å². The standard InChI is InChI=1S/C13H21N/c1-4-11(9-14)13-7-5-12(6-8-13)10(2)3/h4-5,7,10H,6,8-9,14H2,1-3H3/b11-4+. The topological polar surface area (TPSA) is 26.0 Å². The smallest absolute Gasteiger partial charge is 0.0177 e. The van der Waals surface area contributed by atoms with Crippen molar-refractivity contribution in [3.05, 3.63) is 34.9 Å². The van der Waals surface area contributed by atoms with Gasteiger partial charge in [-0.05, 0) is 36.8 Å². The van der Waals surface area contributed by atoms with Gasteiger partial charge in [0.2, 0.25) is 0 Å². The Morgan fingerprint density at radius 1 is 1.43 bits per heavy atom. The quantitative estimate of drug-likeness (QED) is 0.728. The third kappa shape index (κ3) is 2.58. The van der Waals surface area contributed by atoms with Crippen molar-refractivity contribution in [1.82, 2.24) is 0 Å². The molecule has 0 saturated heterocycles. The minimum absolute atomic E-state index is 0.660. The van der Waals surface area contributed by atoms with E-state index in [-0.39, 0.29) is 0 Å². The highest BCUT2D eigenvalue weighted by Gasteiger charge is 2.10.